The molecule has 0 aromatic carbocycles. The molecule has 0 aliphatic carbocycles. The zero-order valence-corrected chi connectivity index (χ0v) is 12.3. The van der Waals surface area contributed by atoms with Crippen LogP contribution in [-0.4, -0.2) is 30.4 Å². The molecule has 1 aromatic heterocycles. The average Bonchev–Trinajstić information content (AvgIpc) is 2.28. The van der Waals surface area contributed by atoms with Crippen LogP contribution in [-0.2, 0) is 9.84 Å². The van der Waals surface area contributed by atoms with E-state index in [4.69, 9.17) is 0 Å². The van der Waals surface area contributed by atoms with Crippen molar-refractivity contribution >= 4 is 9.84 Å². The van der Waals surface area contributed by atoms with Crippen LogP contribution in [0.3, 0.4) is 0 Å². The highest BCUT2D eigenvalue weighted by Crippen LogP contribution is 2.15. The fourth-order valence-corrected chi connectivity index (χ4v) is 2.45. The second-order valence-electron chi connectivity index (χ2n) is 5.36. The second-order valence-corrected chi connectivity index (χ2v) is 8.22. The summed E-state index contributed by atoms with van der Waals surface area (Å²) in [6, 6.07) is 5.77. The maximum Gasteiger partial charge on any atom is 0.156 e. The predicted octanol–water partition coefficient (Wildman–Crippen LogP) is 1.95. The van der Waals surface area contributed by atoms with Crippen molar-refractivity contribution in [2.75, 3.05) is 12.3 Å². The molecule has 1 atom stereocenters. The highest BCUT2D eigenvalue weighted by atomic mass is 32.2. The first-order valence-corrected chi connectivity index (χ1v) is 7.76. The Kier molecular flexibility index (Phi) is 4.87. The number of pyridine rings is 1. The molecule has 0 unspecified atom stereocenters. The van der Waals surface area contributed by atoms with E-state index in [1.54, 1.807) is 27.0 Å². The number of rotatable bonds is 5. The van der Waals surface area contributed by atoms with Gasteiger partial charge in [0, 0.05) is 18.8 Å². The van der Waals surface area contributed by atoms with Crippen LogP contribution in [0.4, 0.5) is 0 Å². The van der Waals surface area contributed by atoms with E-state index in [0.717, 1.165) is 5.69 Å². The normalized spacial score (nSPS) is 14.4. The number of nitrogens with zero attached hydrogens (tertiary/aromatic N) is 1. The van der Waals surface area contributed by atoms with Crippen molar-refractivity contribution in [2.45, 2.75) is 38.5 Å². The van der Waals surface area contributed by atoms with Crippen LogP contribution in [0.5, 0.6) is 0 Å². The van der Waals surface area contributed by atoms with E-state index in [2.05, 4.69) is 10.3 Å². The van der Waals surface area contributed by atoms with Crippen LogP contribution >= 0.6 is 0 Å². The van der Waals surface area contributed by atoms with Crippen molar-refractivity contribution in [1.29, 1.82) is 0 Å². The zero-order valence-electron chi connectivity index (χ0n) is 11.5. The maximum atomic E-state index is 11.9. The summed E-state index contributed by atoms with van der Waals surface area (Å²) in [4.78, 5) is 4.23. The third kappa shape index (κ3) is 4.07. The van der Waals surface area contributed by atoms with Gasteiger partial charge < -0.3 is 5.32 Å². The van der Waals surface area contributed by atoms with Gasteiger partial charge in [-0.3, -0.25) is 4.98 Å². The molecule has 1 aromatic rings. The molecule has 102 valence electrons. The molecule has 0 aliphatic rings. The van der Waals surface area contributed by atoms with Gasteiger partial charge in [0.25, 0.3) is 0 Å². The summed E-state index contributed by atoms with van der Waals surface area (Å²) in [7, 11) is -3.06. The topological polar surface area (TPSA) is 59.1 Å². The lowest BCUT2D eigenvalue weighted by Crippen LogP contribution is -2.35. The summed E-state index contributed by atoms with van der Waals surface area (Å²) < 4.78 is 23.1. The molecule has 1 rings (SSSR count). The zero-order chi connectivity index (χ0) is 13.8. The monoisotopic (exact) mass is 270 g/mol. The quantitative estimate of drug-likeness (QED) is 0.888. The summed E-state index contributed by atoms with van der Waals surface area (Å²) >= 11 is 0. The van der Waals surface area contributed by atoms with Gasteiger partial charge in [-0.15, -0.1) is 0 Å². The van der Waals surface area contributed by atoms with E-state index >= 15 is 0 Å². The Hall–Kier alpha value is -0.940. The Morgan fingerprint density at radius 1 is 1.33 bits per heavy atom. The molecule has 0 saturated heterocycles. The predicted molar refractivity (Wildman–Crippen MR) is 74.2 cm³/mol. The van der Waals surface area contributed by atoms with Gasteiger partial charge in [-0.2, -0.15) is 0 Å². The summed E-state index contributed by atoms with van der Waals surface area (Å²) in [5, 5.41) is 3.19. The summed E-state index contributed by atoms with van der Waals surface area (Å²) in [5.74, 6) is 0.147. The lowest BCUT2D eigenvalue weighted by atomic mass is 10.2. The minimum atomic E-state index is -3.06. The van der Waals surface area contributed by atoms with E-state index in [-0.39, 0.29) is 11.8 Å². The minimum absolute atomic E-state index is 0.0568. The van der Waals surface area contributed by atoms with Crippen molar-refractivity contribution in [1.82, 2.24) is 10.3 Å². The Bertz CT molecular complexity index is 464. The number of aromatic nitrogens is 1. The average molecular weight is 270 g/mol. The largest absolute Gasteiger partial charge is 0.308 e. The standard InChI is InChI=1S/C13H22N2O2S/c1-11(12-7-5-6-8-15-12)14-9-10-18(16,17)13(2,3)4/h5-8,11,14H,9-10H2,1-4H3/t11-/m1/s1. The molecule has 0 bridgehead atoms. The van der Waals surface area contributed by atoms with Gasteiger partial charge in [0.1, 0.15) is 0 Å². The lowest BCUT2D eigenvalue weighted by molar-refractivity contribution is 0.543. The Morgan fingerprint density at radius 2 is 2.00 bits per heavy atom. The summed E-state index contributed by atoms with van der Waals surface area (Å²) in [6.45, 7) is 7.60. The van der Waals surface area contributed by atoms with Crippen LogP contribution in [0.2, 0.25) is 0 Å². The first-order chi connectivity index (χ1) is 8.24. The smallest absolute Gasteiger partial charge is 0.156 e. The van der Waals surface area contributed by atoms with Gasteiger partial charge in [0.05, 0.1) is 16.2 Å². The molecule has 0 fully saturated rings. The fourth-order valence-electron chi connectivity index (χ4n) is 1.45. The van der Waals surface area contributed by atoms with Gasteiger partial charge >= 0.3 is 0 Å². The molecule has 1 N–H and O–H groups in total. The van der Waals surface area contributed by atoms with Crippen molar-refractivity contribution < 1.29 is 8.42 Å². The van der Waals surface area contributed by atoms with Crippen LogP contribution in [0.25, 0.3) is 0 Å². The Labute approximate surface area is 110 Å². The van der Waals surface area contributed by atoms with Gasteiger partial charge in [-0.1, -0.05) is 6.07 Å². The molecule has 0 radical (unpaired) electrons. The number of hydrogen-bond donors (Lipinski definition) is 1. The van der Waals surface area contributed by atoms with Crippen molar-refractivity contribution in [3.63, 3.8) is 0 Å². The van der Waals surface area contributed by atoms with E-state index in [9.17, 15) is 8.42 Å². The Morgan fingerprint density at radius 3 is 2.50 bits per heavy atom. The van der Waals surface area contributed by atoms with Gasteiger partial charge in [0.2, 0.25) is 0 Å². The lowest BCUT2D eigenvalue weighted by Gasteiger charge is -2.20. The molecule has 0 amide bonds. The molecule has 4 nitrogen and oxygen atoms in total. The van der Waals surface area contributed by atoms with Crippen molar-refractivity contribution in [3.05, 3.63) is 30.1 Å². The highest BCUT2D eigenvalue weighted by molar-refractivity contribution is 7.92. The third-order valence-corrected chi connectivity index (χ3v) is 5.49. The summed E-state index contributed by atoms with van der Waals surface area (Å²) in [5.41, 5.74) is 0.922. The summed E-state index contributed by atoms with van der Waals surface area (Å²) in [6.07, 6.45) is 1.74. The van der Waals surface area contributed by atoms with Crippen molar-refractivity contribution in [3.8, 4) is 0 Å². The fraction of sp³-hybridized carbons (Fsp3) is 0.615. The first kappa shape index (κ1) is 15.1. The highest BCUT2D eigenvalue weighted by Gasteiger charge is 2.28. The molecular weight excluding hydrogens is 248 g/mol. The molecule has 0 saturated carbocycles. The van der Waals surface area contributed by atoms with Crippen LogP contribution < -0.4 is 5.32 Å². The number of hydrogen-bond acceptors (Lipinski definition) is 4. The van der Waals surface area contributed by atoms with Gasteiger partial charge in [-0.05, 0) is 39.8 Å². The van der Waals surface area contributed by atoms with Crippen LogP contribution in [0, 0.1) is 0 Å². The van der Waals surface area contributed by atoms with E-state index in [0.29, 0.717) is 6.54 Å². The molecule has 0 aliphatic heterocycles. The third-order valence-electron chi connectivity index (χ3n) is 2.89. The number of nitrogens with one attached hydrogen (secondary N) is 1. The number of sulfone groups is 1. The SMILES string of the molecule is C[C@@H](NCCS(=O)(=O)C(C)(C)C)c1ccccn1. The first-order valence-electron chi connectivity index (χ1n) is 6.10. The van der Waals surface area contributed by atoms with E-state index < -0.39 is 14.6 Å². The van der Waals surface area contributed by atoms with Crippen molar-refractivity contribution in [2.24, 2.45) is 0 Å². The van der Waals surface area contributed by atoms with Gasteiger partial charge in [0.15, 0.2) is 9.84 Å². The molecular formula is C13H22N2O2S. The van der Waals surface area contributed by atoms with Crippen LogP contribution in [0.1, 0.15) is 39.4 Å². The second kappa shape index (κ2) is 5.80. The molecule has 5 heteroatoms. The van der Waals surface area contributed by atoms with E-state index in [1.807, 2.05) is 25.1 Å². The van der Waals surface area contributed by atoms with E-state index in [1.165, 1.54) is 0 Å². The molecule has 0 spiro atoms. The molecule has 18 heavy (non-hydrogen) atoms. The van der Waals surface area contributed by atoms with Crippen LogP contribution in [0.15, 0.2) is 24.4 Å². The van der Waals surface area contributed by atoms with Gasteiger partial charge in [-0.25, -0.2) is 8.42 Å². The Balaban J connectivity index is 2.49. The molecule has 1 heterocycles. The maximum absolute atomic E-state index is 11.9. The minimum Gasteiger partial charge on any atom is -0.308 e.